The third-order valence-electron chi connectivity index (χ3n) is 2.43. The number of rotatable bonds is 2. The van der Waals surface area contributed by atoms with Crippen LogP contribution in [0.25, 0.3) is 10.9 Å². The predicted octanol–water partition coefficient (Wildman–Crippen LogP) is 2.15. The molecular weight excluding hydrogens is 277 g/mol. The summed E-state index contributed by atoms with van der Waals surface area (Å²) in [5.74, 6) is 5.02. The van der Waals surface area contributed by atoms with Gasteiger partial charge in [0.25, 0.3) is 5.91 Å². The molecule has 2 aromatic rings. The molecule has 2 rings (SSSR count). The van der Waals surface area contributed by atoms with E-state index in [-0.39, 0.29) is 0 Å². The van der Waals surface area contributed by atoms with Crippen molar-refractivity contribution in [2.45, 2.75) is 0 Å². The number of nitrogens with two attached hydrogens (primary N) is 1. The lowest BCUT2D eigenvalue weighted by Gasteiger charge is -2.09. The first-order valence-electron chi connectivity index (χ1n) is 4.91. The number of halogens is 2. The molecule has 1 aromatic heterocycles. The summed E-state index contributed by atoms with van der Waals surface area (Å²) in [6, 6.07) is 3.11. The van der Waals surface area contributed by atoms with Gasteiger partial charge in [0.1, 0.15) is 5.52 Å². The fourth-order valence-corrected chi connectivity index (χ4v) is 2.18. The minimum atomic E-state index is -0.450. The molecule has 94 valence electrons. The second kappa shape index (κ2) is 4.97. The van der Waals surface area contributed by atoms with Gasteiger partial charge in [-0.15, -0.1) is 0 Å². The zero-order valence-corrected chi connectivity index (χ0v) is 10.8. The summed E-state index contributed by atoms with van der Waals surface area (Å²) in [5.41, 5.74) is 2.82. The van der Waals surface area contributed by atoms with Crippen LogP contribution in [0.5, 0.6) is 5.75 Å². The Morgan fingerprint density at radius 2 is 2.11 bits per heavy atom. The monoisotopic (exact) mass is 285 g/mol. The van der Waals surface area contributed by atoms with Crippen LogP contribution in [-0.4, -0.2) is 18.0 Å². The molecule has 1 heterocycles. The molecule has 0 spiro atoms. The highest BCUT2D eigenvalue weighted by Crippen LogP contribution is 2.36. The maximum absolute atomic E-state index is 11.4. The van der Waals surface area contributed by atoms with Crippen LogP contribution in [0, 0.1) is 0 Å². The maximum atomic E-state index is 11.4. The summed E-state index contributed by atoms with van der Waals surface area (Å²) < 4.78 is 5.16. The molecule has 7 heteroatoms. The zero-order chi connectivity index (χ0) is 13.3. The molecule has 1 aromatic carbocycles. The van der Waals surface area contributed by atoms with Crippen molar-refractivity contribution in [1.82, 2.24) is 10.4 Å². The van der Waals surface area contributed by atoms with Crippen LogP contribution >= 0.6 is 23.2 Å². The van der Waals surface area contributed by atoms with Gasteiger partial charge in [-0.05, 0) is 12.1 Å². The Bertz CT molecular complexity index is 631. The number of nitrogen functional groups attached to an aromatic ring is 1. The van der Waals surface area contributed by atoms with E-state index in [2.05, 4.69) is 4.98 Å². The number of nitrogens with zero attached hydrogens (tertiary/aromatic N) is 1. The molecule has 0 aliphatic carbocycles. The molecule has 0 atom stereocenters. The Labute approximate surface area is 113 Å². The lowest BCUT2D eigenvalue weighted by molar-refractivity contribution is 0.0953. The SMILES string of the molecule is COc1c(Cl)cc(Cl)c2cc(C(=O)NN)cnc12. The van der Waals surface area contributed by atoms with Crippen molar-refractivity contribution in [1.29, 1.82) is 0 Å². The molecule has 0 aliphatic heterocycles. The van der Waals surface area contributed by atoms with Crippen LogP contribution in [-0.2, 0) is 0 Å². The number of pyridine rings is 1. The van der Waals surface area contributed by atoms with E-state index in [9.17, 15) is 4.79 Å². The highest BCUT2D eigenvalue weighted by molar-refractivity contribution is 6.39. The summed E-state index contributed by atoms with van der Waals surface area (Å²) in [7, 11) is 1.48. The number of carbonyl (C=O) groups excluding carboxylic acids is 1. The molecule has 0 saturated heterocycles. The summed E-state index contributed by atoms with van der Waals surface area (Å²) in [5, 5.41) is 1.31. The Kier molecular flexibility index (Phi) is 3.56. The van der Waals surface area contributed by atoms with Gasteiger partial charge >= 0.3 is 0 Å². The van der Waals surface area contributed by atoms with Gasteiger partial charge in [0.15, 0.2) is 5.75 Å². The number of benzene rings is 1. The normalized spacial score (nSPS) is 10.4. The first-order chi connectivity index (χ1) is 8.58. The van der Waals surface area contributed by atoms with Crippen molar-refractivity contribution >= 4 is 40.0 Å². The second-order valence-electron chi connectivity index (χ2n) is 3.47. The largest absolute Gasteiger partial charge is 0.493 e. The van der Waals surface area contributed by atoms with Gasteiger partial charge in [-0.25, -0.2) is 5.84 Å². The first kappa shape index (κ1) is 12.9. The van der Waals surface area contributed by atoms with E-state index in [4.69, 9.17) is 33.8 Å². The molecule has 1 amide bonds. The van der Waals surface area contributed by atoms with E-state index in [0.29, 0.717) is 32.3 Å². The van der Waals surface area contributed by atoms with E-state index in [0.717, 1.165) is 0 Å². The van der Waals surface area contributed by atoms with Crippen molar-refractivity contribution < 1.29 is 9.53 Å². The zero-order valence-electron chi connectivity index (χ0n) is 9.33. The van der Waals surface area contributed by atoms with Crippen LogP contribution in [0.1, 0.15) is 10.4 Å². The highest BCUT2D eigenvalue weighted by Gasteiger charge is 2.14. The Balaban J connectivity index is 2.75. The van der Waals surface area contributed by atoms with Crippen molar-refractivity contribution in [3.63, 3.8) is 0 Å². The van der Waals surface area contributed by atoms with Crippen molar-refractivity contribution in [3.8, 4) is 5.75 Å². The Morgan fingerprint density at radius 3 is 2.72 bits per heavy atom. The molecule has 0 unspecified atom stereocenters. The van der Waals surface area contributed by atoms with Gasteiger partial charge in [0.2, 0.25) is 0 Å². The summed E-state index contributed by atoms with van der Waals surface area (Å²) in [4.78, 5) is 15.5. The van der Waals surface area contributed by atoms with Crippen LogP contribution in [0.2, 0.25) is 10.0 Å². The molecule has 0 aliphatic rings. The van der Waals surface area contributed by atoms with E-state index in [1.807, 2.05) is 5.43 Å². The molecule has 0 bridgehead atoms. The minimum Gasteiger partial charge on any atom is -0.493 e. The van der Waals surface area contributed by atoms with E-state index in [1.165, 1.54) is 19.4 Å². The van der Waals surface area contributed by atoms with Crippen LogP contribution in [0.15, 0.2) is 18.3 Å². The lowest BCUT2D eigenvalue weighted by atomic mass is 10.1. The quantitative estimate of drug-likeness (QED) is 0.504. The fraction of sp³-hybridized carbons (Fsp3) is 0.0909. The number of carbonyl (C=O) groups is 1. The fourth-order valence-electron chi connectivity index (χ4n) is 1.60. The second-order valence-corrected chi connectivity index (χ2v) is 4.28. The van der Waals surface area contributed by atoms with E-state index < -0.39 is 5.91 Å². The number of hydrogen-bond donors (Lipinski definition) is 2. The Hall–Kier alpha value is -1.56. The number of amides is 1. The molecule has 0 fully saturated rings. The summed E-state index contributed by atoms with van der Waals surface area (Å²) >= 11 is 12.1. The number of hydrogen-bond acceptors (Lipinski definition) is 4. The highest BCUT2D eigenvalue weighted by atomic mass is 35.5. The van der Waals surface area contributed by atoms with Crippen molar-refractivity contribution in [3.05, 3.63) is 33.9 Å². The van der Waals surface area contributed by atoms with Gasteiger partial charge in [-0.1, -0.05) is 23.2 Å². The van der Waals surface area contributed by atoms with E-state index >= 15 is 0 Å². The predicted molar refractivity (Wildman–Crippen MR) is 70.0 cm³/mol. The molecule has 0 saturated carbocycles. The molecule has 3 N–H and O–H groups in total. The molecule has 5 nitrogen and oxygen atoms in total. The smallest absolute Gasteiger partial charge is 0.266 e. The maximum Gasteiger partial charge on any atom is 0.266 e. The summed E-state index contributed by atoms with van der Waals surface area (Å²) in [6.45, 7) is 0. The average Bonchev–Trinajstić information content (AvgIpc) is 2.38. The number of hydrazine groups is 1. The third-order valence-corrected chi connectivity index (χ3v) is 3.02. The number of methoxy groups -OCH3 is 1. The third kappa shape index (κ3) is 2.08. The van der Waals surface area contributed by atoms with Crippen LogP contribution in [0.4, 0.5) is 0 Å². The van der Waals surface area contributed by atoms with Gasteiger partial charge in [0, 0.05) is 11.6 Å². The van der Waals surface area contributed by atoms with Gasteiger partial charge < -0.3 is 4.74 Å². The molecular formula is C11H9Cl2N3O2. The first-order valence-corrected chi connectivity index (χ1v) is 5.66. The van der Waals surface area contributed by atoms with Crippen LogP contribution < -0.4 is 16.0 Å². The number of aromatic nitrogens is 1. The number of ether oxygens (including phenoxy) is 1. The topological polar surface area (TPSA) is 77.2 Å². The van der Waals surface area contributed by atoms with Crippen molar-refractivity contribution in [2.75, 3.05) is 7.11 Å². The standard InChI is InChI=1S/C11H9Cl2N3O2/c1-18-10-8(13)3-7(12)6-2-5(11(17)16-14)4-15-9(6)10/h2-4H,14H2,1H3,(H,16,17). The molecule has 0 radical (unpaired) electrons. The number of nitrogens with one attached hydrogen (secondary N) is 1. The number of fused-ring (bicyclic) bond motifs is 1. The summed E-state index contributed by atoms with van der Waals surface area (Å²) in [6.07, 6.45) is 1.37. The van der Waals surface area contributed by atoms with E-state index in [1.54, 1.807) is 6.07 Å². The average molecular weight is 286 g/mol. The minimum absolute atomic E-state index is 0.302. The van der Waals surface area contributed by atoms with Gasteiger partial charge in [-0.2, -0.15) is 0 Å². The van der Waals surface area contributed by atoms with Crippen molar-refractivity contribution in [2.24, 2.45) is 5.84 Å². The van der Waals surface area contributed by atoms with Gasteiger partial charge in [-0.3, -0.25) is 15.2 Å². The Morgan fingerprint density at radius 1 is 1.39 bits per heavy atom. The van der Waals surface area contributed by atoms with Gasteiger partial charge in [0.05, 0.1) is 22.7 Å². The van der Waals surface area contributed by atoms with Crippen LogP contribution in [0.3, 0.4) is 0 Å². The molecule has 18 heavy (non-hydrogen) atoms. The lowest BCUT2D eigenvalue weighted by Crippen LogP contribution is -2.30.